The minimum atomic E-state index is -0.907. The van der Waals surface area contributed by atoms with Gasteiger partial charge in [-0.25, -0.2) is 0 Å². The summed E-state index contributed by atoms with van der Waals surface area (Å²) in [7, 11) is 1.65. The topological polar surface area (TPSA) is 73.3 Å². The number of methoxy groups -OCH3 is 1. The third kappa shape index (κ3) is 6.00. The van der Waals surface area contributed by atoms with E-state index in [9.17, 15) is 9.59 Å². The van der Waals surface area contributed by atoms with E-state index in [0.29, 0.717) is 13.1 Å². The van der Waals surface area contributed by atoms with E-state index in [0.717, 1.165) is 25.4 Å². The SMILES string of the molecule is COc1ccc(CN2CCN(C(=O)CN(CC(=O)O)C(C)C)CC2)cc1. The number of carbonyl (C=O) groups excluding carboxylic acids is 1. The number of rotatable bonds is 8. The lowest BCUT2D eigenvalue weighted by Crippen LogP contribution is -2.52. The molecule has 26 heavy (non-hydrogen) atoms. The Morgan fingerprint density at radius 2 is 1.73 bits per heavy atom. The van der Waals surface area contributed by atoms with E-state index in [1.807, 2.05) is 30.9 Å². The second-order valence-electron chi connectivity index (χ2n) is 6.90. The van der Waals surface area contributed by atoms with Crippen molar-refractivity contribution in [2.24, 2.45) is 0 Å². The van der Waals surface area contributed by atoms with Gasteiger partial charge in [0.25, 0.3) is 0 Å². The third-order valence-electron chi connectivity index (χ3n) is 4.70. The number of carboxylic acid groups (broad SMARTS) is 1. The van der Waals surface area contributed by atoms with E-state index in [4.69, 9.17) is 9.84 Å². The van der Waals surface area contributed by atoms with Crippen molar-refractivity contribution in [1.82, 2.24) is 14.7 Å². The van der Waals surface area contributed by atoms with Gasteiger partial charge in [-0.05, 0) is 31.5 Å². The average molecular weight is 363 g/mol. The molecular formula is C19H29N3O4. The van der Waals surface area contributed by atoms with Gasteiger partial charge in [-0.3, -0.25) is 19.4 Å². The minimum Gasteiger partial charge on any atom is -0.497 e. The van der Waals surface area contributed by atoms with Crippen LogP contribution in [0.4, 0.5) is 0 Å². The largest absolute Gasteiger partial charge is 0.497 e. The van der Waals surface area contributed by atoms with Gasteiger partial charge < -0.3 is 14.7 Å². The van der Waals surface area contributed by atoms with Crippen LogP contribution in [0, 0.1) is 0 Å². The van der Waals surface area contributed by atoms with Crippen LogP contribution in [0.25, 0.3) is 0 Å². The van der Waals surface area contributed by atoms with Gasteiger partial charge in [0.05, 0.1) is 20.2 Å². The summed E-state index contributed by atoms with van der Waals surface area (Å²) in [5.74, 6) is -0.0555. The molecule has 144 valence electrons. The van der Waals surface area contributed by atoms with Crippen molar-refractivity contribution in [1.29, 1.82) is 0 Å². The second-order valence-corrected chi connectivity index (χ2v) is 6.90. The number of hydrogen-bond donors (Lipinski definition) is 1. The standard InChI is InChI=1S/C19H29N3O4/c1-15(2)22(14-19(24)25)13-18(23)21-10-8-20(9-11-21)12-16-4-6-17(26-3)7-5-16/h4-7,15H,8-14H2,1-3H3,(H,24,25). The molecule has 1 amide bonds. The molecule has 1 aliphatic rings. The molecule has 2 rings (SSSR count). The monoisotopic (exact) mass is 363 g/mol. The van der Waals surface area contributed by atoms with Crippen molar-refractivity contribution < 1.29 is 19.4 Å². The Hall–Kier alpha value is -2.12. The normalized spacial score (nSPS) is 15.5. The highest BCUT2D eigenvalue weighted by Gasteiger charge is 2.24. The lowest BCUT2D eigenvalue weighted by molar-refractivity contribution is -0.141. The first kappa shape index (κ1) is 20.2. The molecule has 1 heterocycles. The maximum atomic E-state index is 12.5. The van der Waals surface area contributed by atoms with E-state index in [1.54, 1.807) is 12.0 Å². The fraction of sp³-hybridized carbons (Fsp3) is 0.579. The van der Waals surface area contributed by atoms with Crippen LogP contribution in [0.2, 0.25) is 0 Å². The van der Waals surface area contributed by atoms with Crippen molar-refractivity contribution in [3.63, 3.8) is 0 Å². The number of carboxylic acids is 1. The van der Waals surface area contributed by atoms with Crippen LogP contribution >= 0.6 is 0 Å². The van der Waals surface area contributed by atoms with Gasteiger partial charge in [0.1, 0.15) is 5.75 Å². The molecule has 0 aromatic heterocycles. The Bertz CT molecular complexity index is 595. The molecule has 1 saturated heterocycles. The summed E-state index contributed by atoms with van der Waals surface area (Å²) in [6.45, 7) is 7.69. The summed E-state index contributed by atoms with van der Waals surface area (Å²) < 4.78 is 5.17. The summed E-state index contributed by atoms with van der Waals surface area (Å²) in [5.41, 5.74) is 1.22. The first-order chi connectivity index (χ1) is 12.4. The van der Waals surface area contributed by atoms with Gasteiger partial charge in [-0.15, -0.1) is 0 Å². The summed E-state index contributed by atoms with van der Waals surface area (Å²) in [5, 5.41) is 8.98. The Labute approximate surface area is 155 Å². The van der Waals surface area contributed by atoms with Crippen molar-refractivity contribution >= 4 is 11.9 Å². The molecule has 0 saturated carbocycles. The molecule has 1 aromatic carbocycles. The molecular weight excluding hydrogens is 334 g/mol. The number of piperazine rings is 1. The predicted molar refractivity (Wildman–Crippen MR) is 99.2 cm³/mol. The highest BCUT2D eigenvalue weighted by Crippen LogP contribution is 2.14. The first-order valence-corrected chi connectivity index (χ1v) is 8.98. The molecule has 1 N–H and O–H groups in total. The van der Waals surface area contributed by atoms with Gasteiger partial charge >= 0.3 is 5.97 Å². The van der Waals surface area contributed by atoms with Gasteiger partial charge in [0.2, 0.25) is 5.91 Å². The fourth-order valence-corrected chi connectivity index (χ4v) is 3.01. The van der Waals surface area contributed by atoms with Crippen LogP contribution in [-0.4, -0.2) is 84.1 Å². The number of benzene rings is 1. The lowest BCUT2D eigenvalue weighted by Gasteiger charge is -2.36. The smallest absolute Gasteiger partial charge is 0.317 e. The number of nitrogens with zero attached hydrogens (tertiary/aromatic N) is 3. The van der Waals surface area contributed by atoms with Gasteiger partial charge in [0.15, 0.2) is 0 Å². The molecule has 1 aliphatic heterocycles. The highest BCUT2D eigenvalue weighted by molar-refractivity contribution is 5.79. The molecule has 1 aromatic rings. The number of ether oxygens (including phenoxy) is 1. The zero-order valence-electron chi connectivity index (χ0n) is 15.9. The summed E-state index contributed by atoms with van der Waals surface area (Å²) >= 11 is 0. The predicted octanol–water partition coefficient (Wildman–Crippen LogP) is 1.13. The maximum absolute atomic E-state index is 12.5. The first-order valence-electron chi connectivity index (χ1n) is 8.98. The Morgan fingerprint density at radius 3 is 2.23 bits per heavy atom. The molecule has 7 nitrogen and oxygen atoms in total. The molecule has 1 fully saturated rings. The molecule has 0 spiro atoms. The molecule has 0 unspecified atom stereocenters. The lowest BCUT2D eigenvalue weighted by atomic mass is 10.2. The van der Waals surface area contributed by atoms with Gasteiger partial charge in [-0.2, -0.15) is 0 Å². The number of amides is 1. The van der Waals surface area contributed by atoms with Crippen molar-refractivity contribution in [3.05, 3.63) is 29.8 Å². The van der Waals surface area contributed by atoms with Gasteiger partial charge in [-0.1, -0.05) is 12.1 Å². The van der Waals surface area contributed by atoms with E-state index in [1.165, 1.54) is 5.56 Å². The van der Waals surface area contributed by atoms with Crippen LogP contribution in [-0.2, 0) is 16.1 Å². The number of aliphatic carboxylic acids is 1. The van der Waals surface area contributed by atoms with E-state index in [2.05, 4.69) is 17.0 Å². The minimum absolute atomic E-state index is 0.00375. The van der Waals surface area contributed by atoms with E-state index < -0.39 is 5.97 Å². The number of carbonyl (C=O) groups is 2. The fourth-order valence-electron chi connectivity index (χ4n) is 3.01. The highest BCUT2D eigenvalue weighted by atomic mass is 16.5. The molecule has 0 radical (unpaired) electrons. The van der Waals surface area contributed by atoms with Crippen LogP contribution < -0.4 is 4.74 Å². The Balaban J connectivity index is 1.80. The second kappa shape index (κ2) is 9.54. The van der Waals surface area contributed by atoms with Crippen molar-refractivity contribution in [2.45, 2.75) is 26.4 Å². The quantitative estimate of drug-likeness (QED) is 0.747. The van der Waals surface area contributed by atoms with Crippen LogP contribution in [0.1, 0.15) is 19.4 Å². The van der Waals surface area contributed by atoms with E-state index in [-0.39, 0.29) is 25.0 Å². The van der Waals surface area contributed by atoms with Crippen LogP contribution in [0.3, 0.4) is 0 Å². The third-order valence-corrected chi connectivity index (χ3v) is 4.70. The van der Waals surface area contributed by atoms with Crippen molar-refractivity contribution in [2.75, 3.05) is 46.4 Å². The Kier molecular flexibility index (Phi) is 7.41. The molecule has 0 atom stereocenters. The average Bonchev–Trinajstić information content (AvgIpc) is 2.62. The van der Waals surface area contributed by atoms with E-state index >= 15 is 0 Å². The Morgan fingerprint density at radius 1 is 1.12 bits per heavy atom. The maximum Gasteiger partial charge on any atom is 0.317 e. The molecule has 7 heteroatoms. The van der Waals surface area contributed by atoms with Crippen molar-refractivity contribution in [3.8, 4) is 5.75 Å². The summed E-state index contributed by atoms with van der Waals surface area (Å²) in [4.78, 5) is 29.3. The van der Waals surface area contributed by atoms with Crippen LogP contribution in [0.5, 0.6) is 5.75 Å². The van der Waals surface area contributed by atoms with Crippen LogP contribution in [0.15, 0.2) is 24.3 Å². The number of hydrogen-bond acceptors (Lipinski definition) is 5. The summed E-state index contributed by atoms with van der Waals surface area (Å²) in [6, 6.07) is 8.05. The molecule has 0 bridgehead atoms. The van der Waals surface area contributed by atoms with Gasteiger partial charge in [0, 0.05) is 38.8 Å². The molecule has 0 aliphatic carbocycles. The zero-order valence-corrected chi connectivity index (χ0v) is 15.9. The summed E-state index contributed by atoms with van der Waals surface area (Å²) in [6.07, 6.45) is 0. The zero-order chi connectivity index (χ0) is 19.1.